The number of aryl methyl sites for hydroxylation is 1. The first kappa shape index (κ1) is 16.8. The lowest BCUT2D eigenvalue weighted by atomic mass is 10.2. The number of nitrogens with zero attached hydrogens (tertiary/aromatic N) is 3. The molecule has 1 heterocycles. The number of esters is 1. The summed E-state index contributed by atoms with van der Waals surface area (Å²) in [6, 6.07) is 7.80. The van der Waals surface area contributed by atoms with Gasteiger partial charge in [-0.15, -0.1) is 5.10 Å². The second-order valence-corrected chi connectivity index (χ2v) is 5.18. The summed E-state index contributed by atoms with van der Waals surface area (Å²) in [5.74, 6) is 5.76. The molecule has 2 aromatic rings. The van der Waals surface area contributed by atoms with Gasteiger partial charge in [-0.1, -0.05) is 30.4 Å². The largest absolute Gasteiger partial charge is 0.469 e. The third kappa shape index (κ3) is 5.26. The van der Waals surface area contributed by atoms with Crippen molar-refractivity contribution in [2.75, 3.05) is 7.11 Å². The maximum atomic E-state index is 11.0. The fourth-order valence-corrected chi connectivity index (χ4v) is 2.03. The Hall–Kier alpha value is -2.61. The van der Waals surface area contributed by atoms with Gasteiger partial charge in [0, 0.05) is 12.0 Å². The molecule has 0 unspecified atom stereocenters. The van der Waals surface area contributed by atoms with Crippen molar-refractivity contribution in [3.63, 3.8) is 0 Å². The van der Waals surface area contributed by atoms with Crippen LogP contribution in [0, 0.1) is 11.8 Å². The monoisotopic (exact) mass is 311 g/mol. The molecule has 5 heteroatoms. The maximum Gasteiger partial charge on any atom is 0.306 e. The molecule has 1 aromatic carbocycles. The van der Waals surface area contributed by atoms with Crippen molar-refractivity contribution in [1.29, 1.82) is 0 Å². The predicted octanol–water partition coefficient (Wildman–Crippen LogP) is 2.91. The van der Waals surface area contributed by atoms with Gasteiger partial charge < -0.3 is 4.74 Å². The third-order valence-corrected chi connectivity index (χ3v) is 3.37. The molecule has 0 atom stereocenters. The standard InChI is InChI=1S/C18H21N3O2/c1-3-4-8-16-14-21(20-19-16)17-12-10-15(11-13-17)7-5-6-9-18(22)23-2/h10-14H,3-4,6,8-9H2,1-2H3. The SMILES string of the molecule is CCCCc1cn(-c2ccc(C#CCCC(=O)OC)cc2)nn1. The van der Waals surface area contributed by atoms with E-state index in [1.165, 1.54) is 7.11 Å². The number of ether oxygens (including phenoxy) is 1. The summed E-state index contributed by atoms with van der Waals surface area (Å²) >= 11 is 0. The topological polar surface area (TPSA) is 57.0 Å². The Labute approximate surface area is 136 Å². The van der Waals surface area contributed by atoms with Gasteiger partial charge in [0.25, 0.3) is 0 Å². The first-order chi connectivity index (χ1) is 11.2. The van der Waals surface area contributed by atoms with Gasteiger partial charge in [0.1, 0.15) is 0 Å². The number of hydrogen-bond donors (Lipinski definition) is 0. The number of carbonyl (C=O) groups is 1. The molecule has 0 saturated heterocycles. The minimum atomic E-state index is -0.236. The Morgan fingerprint density at radius 2 is 2.09 bits per heavy atom. The quantitative estimate of drug-likeness (QED) is 0.608. The highest BCUT2D eigenvalue weighted by Crippen LogP contribution is 2.10. The summed E-state index contributed by atoms with van der Waals surface area (Å²) < 4.78 is 6.35. The third-order valence-electron chi connectivity index (χ3n) is 3.37. The van der Waals surface area contributed by atoms with Crippen LogP contribution in [0.4, 0.5) is 0 Å². The number of methoxy groups -OCH3 is 1. The number of aromatic nitrogens is 3. The van der Waals surface area contributed by atoms with E-state index >= 15 is 0 Å². The van der Waals surface area contributed by atoms with Crippen LogP contribution < -0.4 is 0 Å². The summed E-state index contributed by atoms with van der Waals surface area (Å²) in [6.45, 7) is 2.16. The molecule has 120 valence electrons. The van der Waals surface area contributed by atoms with E-state index < -0.39 is 0 Å². The van der Waals surface area contributed by atoms with Crippen LogP contribution in [-0.2, 0) is 16.0 Å². The molecule has 0 aliphatic rings. The van der Waals surface area contributed by atoms with Crippen molar-refractivity contribution in [3.05, 3.63) is 41.7 Å². The van der Waals surface area contributed by atoms with Gasteiger partial charge >= 0.3 is 5.97 Å². The van der Waals surface area contributed by atoms with Crippen LogP contribution in [0.25, 0.3) is 5.69 Å². The molecule has 23 heavy (non-hydrogen) atoms. The highest BCUT2D eigenvalue weighted by Gasteiger charge is 2.02. The first-order valence-corrected chi connectivity index (χ1v) is 7.80. The number of benzene rings is 1. The Bertz CT molecular complexity index is 693. The average molecular weight is 311 g/mol. The van der Waals surface area contributed by atoms with E-state index in [1.54, 1.807) is 4.68 Å². The molecule has 0 saturated carbocycles. The molecule has 1 aromatic heterocycles. The molecule has 0 fully saturated rings. The van der Waals surface area contributed by atoms with Crippen molar-refractivity contribution in [1.82, 2.24) is 15.0 Å². The van der Waals surface area contributed by atoms with Crippen molar-refractivity contribution in [3.8, 4) is 17.5 Å². The minimum Gasteiger partial charge on any atom is -0.469 e. The fourth-order valence-electron chi connectivity index (χ4n) is 2.03. The van der Waals surface area contributed by atoms with E-state index in [0.717, 1.165) is 36.2 Å². The zero-order valence-corrected chi connectivity index (χ0v) is 13.6. The lowest BCUT2D eigenvalue weighted by Gasteiger charge is -1.99. The predicted molar refractivity (Wildman–Crippen MR) is 88.1 cm³/mol. The number of hydrogen-bond acceptors (Lipinski definition) is 4. The zero-order valence-electron chi connectivity index (χ0n) is 13.6. The first-order valence-electron chi connectivity index (χ1n) is 7.80. The summed E-state index contributed by atoms with van der Waals surface area (Å²) in [5, 5.41) is 8.33. The second-order valence-electron chi connectivity index (χ2n) is 5.18. The Morgan fingerprint density at radius 1 is 1.30 bits per heavy atom. The van der Waals surface area contributed by atoms with Crippen LogP contribution >= 0.6 is 0 Å². The van der Waals surface area contributed by atoms with Crippen LogP contribution in [0.3, 0.4) is 0 Å². The fraction of sp³-hybridized carbons (Fsp3) is 0.389. The van der Waals surface area contributed by atoms with E-state index in [1.807, 2.05) is 30.5 Å². The smallest absolute Gasteiger partial charge is 0.306 e. The van der Waals surface area contributed by atoms with E-state index in [0.29, 0.717) is 12.8 Å². The number of unbranched alkanes of at least 4 members (excludes halogenated alkanes) is 1. The average Bonchev–Trinajstić information content (AvgIpc) is 3.06. The van der Waals surface area contributed by atoms with Crippen molar-refractivity contribution >= 4 is 5.97 Å². The Balaban J connectivity index is 1.95. The van der Waals surface area contributed by atoms with E-state index in [-0.39, 0.29) is 5.97 Å². The van der Waals surface area contributed by atoms with Gasteiger partial charge in [0.2, 0.25) is 0 Å². The Kier molecular flexibility index (Phi) is 6.37. The van der Waals surface area contributed by atoms with E-state index in [9.17, 15) is 4.79 Å². The lowest BCUT2D eigenvalue weighted by molar-refractivity contribution is -0.140. The van der Waals surface area contributed by atoms with Gasteiger partial charge in [-0.2, -0.15) is 0 Å². The molecule has 2 rings (SSSR count). The molecule has 0 amide bonds. The summed E-state index contributed by atoms with van der Waals surface area (Å²) in [5.41, 5.74) is 2.88. The number of carbonyl (C=O) groups excluding carboxylic acids is 1. The number of rotatable bonds is 6. The van der Waals surface area contributed by atoms with Gasteiger partial charge in [-0.3, -0.25) is 4.79 Å². The molecule has 0 radical (unpaired) electrons. The van der Waals surface area contributed by atoms with Gasteiger partial charge in [-0.05, 0) is 37.1 Å². The van der Waals surface area contributed by atoms with Crippen LogP contribution in [-0.4, -0.2) is 28.1 Å². The van der Waals surface area contributed by atoms with E-state index in [2.05, 4.69) is 33.8 Å². The molecule has 0 aliphatic heterocycles. The minimum absolute atomic E-state index is 0.236. The highest BCUT2D eigenvalue weighted by molar-refractivity contribution is 5.69. The molecule has 0 bridgehead atoms. The van der Waals surface area contributed by atoms with E-state index in [4.69, 9.17) is 0 Å². The van der Waals surface area contributed by atoms with Crippen molar-refractivity contribution < 1.29 is 9.53 Å². The van der Waals surface area contributed by atoms with Gasteiger partial charge in [-0.25, -0.2) is 4.68 Å². The molecule has 5 nitrogen and oxygen atoms in total. The van der Waals surface area contributed by atoms with Crippen LogP contribution in [0.5, 0.6) is 0 Å². The lowest BCUT2D eigenvalue weighted by Crippen LogP contribution is -1.98. The van der Waals surface area contributed by atoms with Crippen LogP contribution in [0.2, 0.25) is 0 Å². The molecule has 0 N–H and O–H groups in total. The van der Waals surface area contributed by atoms with Crippen LogP contribution in [0.15, 0.2) is 30.5 Å². The molecular weight excluding hydrogens is 290 g/mol. The maximum absolute atomic E-state index is 11.0. The van der Waals surface area contributed by atoms with Gasteiger partial charge in [0.05, 0.1) is 31.1 Å². The van der Waals surface area contributed by atoms with Crippen molar-refractivity contribution in [2.45, 2.75) is 39.0 Å². The highest BCUT2D eigenvalue weighted by atomic mass is 16.5. The summed E-state index contributed by atoms with van der Waals surface area (Å²) in [7, 11) is 1.38. The summed E-state index contributed by atoms with van der Waals surface area (Å²) in [4.78, 5) is 11.0. The molecule has 0 spiro atoms. The molecule has 0 aliphatic carbocycles. The zero-order chi connectivity index (χ0) is 16.5. The van der Waals surface area contributed by atoms with Gasteiger partial charge in [0.15, 0.2) is 0 Å². The Morgan fingerprint density at radius 3 is 2.78 bits per heavy atom. The second kappa shape index (κ2) is 8.74. The molecular formula is C18H21N3O2. The van der Waals surface area contributed by atoms with Crippen molar-refractivity contribution in [2.24, 2.45) is 0 Å². The summed E-state index contributed by atoms with van der Waals surface area (Å²) in [6.07, 6.45) is 6.02. The van der Waals surface area contributed by atoms with Crippen LogP contribution in [0.1, 0.15) is 43.9 Å². The normalized spacial score (nSPS) is 10.0.